The van der Waals surface area contributed by atoms with Crippen LogP contribution in [-0.4, -0.2) is 0 Å². The van der Waals surface area contributed by atoms with Gasteiger partial charge in [-0.15, -0.1) is 0 Å². The molecule has 0 saturated carbocycles. The SMILES string of the molecule is CCc1ccc(-c2ccc3cc(-c4ccc(-c5cccc6c5oc5ccccc56)cc4)ccc3c2)cc1. The van der Waals surface area contributed by atoms with Crippen molar-refractivity contribution in [3.63, 3.8) is 0 Å². The predicted molar refractivity (Wildman–Crippen MR) is 157 cm³/mol. The van der Waals surface area contributed by atoms with E-state index in [1.807, 2.05) is 12.1 Å². The van der Waals surface area contributed by atoms with E-state index in [0.717, 1.165) is 39.5 Å². The summed E-state index contributed by atoms with van der Waals surface area (Å²) >= 11 is 0. The molecular formula is C36H26O. The van der Waals surface area contributed by atoms with Crippen LogP contribution in [0.25, 0.3) is 66.1 Å². The highest BCUT2D eigenvalue weighted by atomic mass is 16.3. The zero-order valence-corrected chi connectivity index (χ0v) is 20.7. The minimum atomic E-state index is 0.930. The number of hydrogen-bond donors (Lipinski definition) is 0. The van der Waals surface area contributed by atoms with Gasteiger partial charge in [0.15, 0.2) is 0 Å². The van der Waals surface area contributed by atoms with Gasteiger partial charge in [0, 0.05) is 16.3 Å². The van der Waals surface area contributed by atoms with Crippen LogP contribution in [0.3, 0.4) is 0 Å². The smallest absolute Gasteiger partial charge is 0.143 e. The zero-order valence-electron chi connectivity index (χ0n) is 20.7. The van der Waals surface area contributed by atoms with Gasteiger partial charge in [0.1, 0.15) is 11.2 Å². The summed E-state index contributed by atoms with van der Waals surface area (Å²) in [5.74, 6) is 0. The average molecular weight is 475 g/mol. The third kappa shape index (κ3) is 3.80. The van der Waals surface area contributed by atoms with E-state index in [-0.39, 0.29) is 0 Å². The summed E-state index contributed by atoms with van der Waals surface area (Å²) in [6.45, 7) is 2.19. The van der Waals surface area contributed by atoms with Crippen molar-refractivity contribution in [3.8, 4) is 33.4 Å². The Labute approximate surface area is 216 Å². The van der Waals surface area contributed by atoms with Crippen LogP contribution in [0, 0.1) is 0 Å². The number of furan rings is 1. The Morgan fingerprint density at radius 1 is 0.486 bits per heavy atom. The van der Waals surface area contributed by atoms with Crippen molar-refractivity contribution >= 4 is 32.7 Å². The van der Waals surface area contributed by atoms with E-state index >= 15 is 0 Å². The Hall–Kier alpha value is -4.62. The fraction of sp³-hybridized carbons (Fsp3) is 0.0556. The monoisotopic (exact) mass is 474 g/mol. The van der Waals surface area contributed by atoms with Crippen LogP contribution in [0.15, 0.2) is 132 Å². The Morgan fingerprint density at radius 2 is 1.05 bits per heavy atom. The van der Waals surface area contributed by atoms with E-state index < -0.39 is 0 Å². The van der Waals surface area contributed by atoms with E-state index in [4.69, 9.17) is 4.42 Å². The van der Waals surface area contributed by atoms with Crippen LogP contribution in [-0.2, 0) is 6.42 Å². The van der Waals surface area contributed by atoms with Crippen molar-refractivity contribution in [3.05, 3.63) is 133 Å². The lowest BCUT2D eigenvalue weighted by Crippen LogP contribution is -1.84. The van der Waals surface area contributed by atoms with E-state index in [0.29, 0.717) is 0 Å². The molecule has 1 heterocycles. The maximum absolute atomic E-state index is 6.25. The highest BCUT2D eigenvalue weighted by Crippen LogP contribution is 2.36. The quantitative estimate of drug-likeness (QED) is 0.247. The van der Waals surface area contributed by atoms with Gasteiger partial charge in [-0.05, 0) is 68.8 Å². The van der Waals surface area contributed by atoms with Crippen LogP contribution in [0.5, 0.6) is 0 Å². The first-order valence-corrected chi connectivity index (χ1v) is 12.9. The van der Waals surface area contributed by atoms with Crippen LogP contribution in [0.4, 0.5) is 0 Å². The fourth-order valence-electron chi connectivity index (χ4n) is 5.35. The summed E-state index contributed by atoms with van der Waals surface area (Å²) in [5, 5.41) is 4.83. The number of rotatable bonds is 4. The molecule has 0 fully saturated rings. The van der Waals surface area contributed by atoms with E-state index in [9.17, 15) is 0 Å². The molecule has 0 bridgehead atoms. The number of aryl methyl sites for hydroxylation is 1. The molecule has 0 aliphatic heterocycles. The molecule has 0 atom stereocenters. The van der Waals surface area contributed by atoms with Crippen LogP contribution < -0.4 is 0 Å². The minimum absolute atomic E-state index is 0.930. The van der Waals surface area contributed by atoms with Gasteiger partial charge in [-0.25, -0.2) is 0 Å². The molecule has 37 heavy (non-hydrogen) atoms. The Bertz CT molecular complexity index is 1890. The second-order valence-corrected chi connectivity index (χ2v) is 9.69. The number of hydrogen-bond acceptors (Lipinski definition) is 1. The molecule has 1 heteroatoms. The standard InChI is InChI=1S/C36H26O/c1-2-24-10-12-25(13-11-24)28-18-20-31-23-29(19-21-30(31)22-28)26-14-16-27(17-15-26)32-7-5-8-34-33-6-3-4-9-35(33)37-36(32)34/h3-23H,2H2,1H3. The van der Waals surface area contributed by atoms with E-state index in [1.54, 1.807) is 0 Å². The molecule has 7 rings (SSSR count). The maximum atomic E-state index is 6.25. The van der Waals surface area contributed by atoms with Gasteiger partial charge >= 0.3 is 0 Å². The molecule has 6 aromatic carbocycles. The lowest BCUT2D eigenvalue weighted by Gasteiger charge is -2.09. The molecule has 0 N–H and O–H groups in total. The molecule has 176 valence electrons. The summed E-state index contributed by atoms with van der Waals surface area (Å²) in [7, 11) is 0. The summed E-state index contributed by atoms with van der Waals surface area (Å²) in [6.07, 6.45) is 1.07. The van der Waals surface area contributed by atoms with Crippen molar-refractivity contribution in [1.82, 2.24) is 0 Å². The molecule has 0 radical (unpaired) electrons. The number of fused-ring (bicyclic) bond motifs is 4. The van der Waals surface area contributed by atoms with Gasteiger partial charge in [-0.3, -0.25) is 0 Å². The maximum Gasteiger partial charge on any atom is 0.143 e. The van der Waals surface area contributed by atoms with E-state index in [1.165, 1.54) is 38.6 Å². The molecule has 0 saturated heterocycles. The number of benzene rings is 6. The van der Waals surface area contributed by atoms with Gasteiger partial charge in [-0.1, -0.05) is 116 Å². The summed E-state index contributed by atoms with van der Waals surface area (Å²) in [4.78, 5) is 0. The average Bonchev–Trinajstić information content (AvgIpc) is 3.36. The molecule has 1 nitrogen and oxygen atoms in total. The molecule has 0 aliphatic carbocycles. The Balaban J connectivity index is 1.21. The van der Waals surface area contributed by atoms with Crippen molar-refractivity contribution in [2.75, 3.05) is 0 Å². The molecule has 0 aliphatic rings. The second kappa shape index (κ2) is 8.80. The highest BCUT2D eigenvalue weighted by Gasteiger charge is 2.12. The van der Waals surface area contributed by atoms with Gasteiger partial charge in [0.2, 0.25) is 0 Å². The van der Waals surface area contributed by atoms with Crippen LogP contribution in [0.1, 0.15) is 12.5 Å². The van der Waals surface area contributed by atoms with Crippen LogP contribution >= 0.6 is 0 Å². The lowest BCUT2D eigenvalue weighted by molar-refractivity contribution is 0.670. The second-order valence-electron chi connectivity index (χ2n) is 9.69. The van der Waals surface area contributed by atoms with Gasteiger partial charge in [-0.2, -0.15) is 0 Å². The molecular weight excluding hydrogens is 448 g/mol. The fourth-order valence-corrected chi connectivity index (χ4v) is 5.35. The van der Waals surface area contributed by atoms with Gasteiger partial charge in [0.05, 0.1) is 0 Å². The minimum Gasteiger partial charge on any atom is -0.455 e. The normalized spacial score (nSPS) is 11.5. The predicted octanol–water partition coefficient (Wildman–Crippen LogP) is 10.3. The first-order chi connectivity index (χ1) is 18.3. The van der Waals surface area contributed by atoms with Crippen molar-refractivity contribution in [2.45, 2.75) is 13.3 Å². The van der Waals surface area contributed by atoms with Gasteiger partial charge in [0.25, 0.3) is 0 Å². The first-order valence-electron chi connectivity index (χ1n) is 12.9. The topological polar surface area (TPSA) is 13.1 Å². The van der Waals surface area contributed by atoms with Crippen LogP contribution in [0.2, 0.25) is 0 Å². The number of para-hydroxylation sites is 2. The molecule has 0 amide bonds. The van der Waals surface area contributed by atoms with Crippen molar-refractivity contribution < 1.29 is 4.42 Å². The molecule has 7 aromatic rings. The van der Waals surface area contributed by atoms with E-state index in [2.05, 4.69) is 122 Å². The van der Waals surface area contributed by atoms with Crippen molar-refractivity contribution in [2.24, 2.45) is 0 Å². The summed E-state index contributed by atoms with van der Waals surface area (Å²) < 4.78 is 6.25. The zero-order chi connectivity index (χ0) is 24.8. The Morgan fingerprint density at radius 3 is 1.73 bits per heavy atom. The largest absolute Gasteiger partial charge is 0.455 e. The summed E-state index contributed by atoms with van der Waals surface area (Å²) in [6, 6.07) is 45.8. The molecule has 0 unspecified atom stereocenters. The lowest BCUT2D eigenvalue weighted by atomic mass is 9.96. The van der Waals surface area contributed by atoms with Gasteiger partial charge < -0.3 is 4.42 Å². The third-order valence-electron chi connectivity index (χ3n) is 7.47. The Kier molecular flexibility index (Phi) is 5.15. The highest BCUT2D eigenvalue weighted by molar-refractivity contribution is 6.09. The summed E-state index contributed by atoms with van der Waals surface area (Å²) in [5.41, 5.74) is 10.5. The molecule has 1 aromatic heterocycles. The van der Waals surface area contributed by atoms with Crippen molar-refractivity contribution in [1.29, 1.82) is 0 Å². The third-order valence-corrected chi connectivity index (χ3v) is 7.47. The first kappa shape index (κ1) is 21.6. The molecule has 0 spiro atoms.